The summed E-state index contributed by atoms with van der Waals surface area (Å²) in [6.45, 7) is 4.06. The quantitative estimate of drug-likeness (QED) is 0.245. The molecule has 0 spiro atoms. The van der Waals surface area contributed by atoms with Crippen molar-refractivity contribution in [3.8, 4) is 0 Å². The molecule has 25 heavy (non-hydrogen) atoms. The Bertz CT molecular complexity index is 762. The number of alkyl halides is 1. The van der Waals surface area contributed by atoms with E-state index in [1.165, 1.54) is 0 Å². The van der Waals surface area contributed by atoms with Crippen molar-refractivity contribution in [3.05, 3.63) is 65.2 Å². The van der Waals surface area contributed by atoms with Gasteiger partial charge in [0.15, 0.2) is 0 Å². The minimum Gasteiger partial charge on any atom is -0.329 e. The zero-order valence-corrected chi connectivity index (χ0v) is 16.5. The van der Waals surface area contributed by atoms with E-state index >= 15 is 0 Å². The van der Waals surface area contributed by atoms with Crippen LogP contribution < -0.4 is 4.90 Å². The van der Waals surface area contributed by atoms with Crippen molar-refractivity contribution in [2.24, 2.45) is 0 Å². The fourth-order valence-corrected chi connectivity index (χ4v) is 5.93. The average Bonchev–Trinajstić information content (AvgIpc) is 3.25. The number of hydrogen-bond donors (Lipinski definition) is 0. The second-order valence-electron chi connectivity index (χ2n) is 5.63. The van der Waals surface area contributed by atoms with E-state index in [0.717, 1.165) is 11.3 Å². The number of nitrogens with zero attached hydrogens (tertiary/aromatic N) is 1. The topological polar surface area (TPSA) is 38.5 Å². The zero-order chi connectivity index (χ0) is 18.1. The van der Waals surface area contributed by atoms with E-state index in [0.29, 0.717) is 5.02 Å². The van der Waals surface area contributed by atoms with E-state index in [9.17, 15) is 4.57 Å². The van der Waals surface area contributed by atoms with Crippen molar-refractivity contribution in [2.75, 3.05) is 18.1 Å². The van der Waals surface area contributed by atoms with Crippen LogP contribution in [-0.4, -0.2) is 18.0 Å². The number of halogens is 2. The number of anilines is 1. The van der Waals surface area contributed by atoms with Gasteiger partial charge in [-0.05, 0) is 43.7 Å². The van der Waals surface area contributed by atoms with E-state index < -0.39 is 12.3 Å². The third-order valence-corrected chi connectivity index (χ3v) is 7.76. The highest BCUT2D eigenvalue weighted by Gasteiger charge is 2.75. The molecular weight excluding hydrogens is 380 g/mol. The molecule has 1 aliphatic rings. The summed E-state index contributed by atoms with van der Waals surface area (Å²) >= 11 is 12.9. The van der Waals surface area contributed by atoms with Crippen LogP contribution in [0.1, 0.15) is 25.5 Å². The molecule has 2 aromatic rings. The Balaban J connectivity index is 2.07. The van der Waals surface area contributed by atoms with Gasteiger partial charge in [-0.25, -0.2) is 0 Å². The smallest absolute Gasteiger partial charge is 0.329 e. The van der Waals surface area contributed by atoms with Crippen LogP contribution in [0.15, 0.2) is 54.6 Å². The maximum atomic E-state index is 13.5. The maximum Gasteiger partial charge on any atom is 0.373 e. The Morgan fingerprint density at radius 3 is 2.12 bits per heavy atom. The lowest BCUT2D eigenvalue weighted by molar-refractivity contribution is 0.216. The van der Waals surface area contributed by atoms with Crippen molar-refractivity contribution in [3.63, 3.8) is 0 Å². The normalized spacial score (nSPS) is 22.9. The summed E-state index contributed by atoms with van der Waals surface area (Å²) in [5, 5.41) is 0.633. The Morgan fingerprint density at radius 1 is 1.04 bits per heavy atom. The van der Waals surface area contributed by atoms with E-state index in [1.807, 2.05) is 47.4 Å². The Hall–Kier alpha value is -1.03. The number of para-hydroxylation sites is 1. The first-order chi connectivity index (χ1) is 12.0. The number of rotatable bonds is 7. The highest BCUT2D eigenvalue weighted by Crippen LogP contribution is 2.79. The van der Waals surface area contributed by atoms with E-state index in [4.69, 9.17) is 32.2 Å². The van der Waals surface area contributed by atoms with Crippen LogP contribution >= 0.6 is 30.8 Å². The molecule has 1 saturated heterocycles. The summed E-state index contributed by atoms with van der Waals surface area (Å²) in [7, 11) is -3.59. The van der Waals surface area contributed by atoms with Gasteiger partial charge in [0.05, 0.1) is 13.2 Å². The summed E-state index contributed by atoms with van der Waals surface area (Å²) in [5.41, 5.74) is 1.76. The third-order valence-electron chi connectivity index (χ3n) is 4.08. The van der Waals surface area contributed by atoms with Crippen molar-refractivity contribution in [1.82, 2.24) is 0 Å². The Morgan fingerprint density at radius 2 is 1.60 bits per heavy atom. The minimum atomic E-state index is -3.59. The fraction of sp³-hybridized carbons (Fsp3) is 0.333. The molecule has 0 bridgehead atoms. The highest BCUT2D eigenvalue weighted by atomic mass is 35.5. The molecule has 1 aliphatic heterocycles. The van der Waals surface area contributed by atoms with E-state index in [2.05, 4.69) is 0 Å². The molecule has 0 saturated carbocycles. The van der Waals surface area contributed by atoms with Crippen molar-refractivity contribution in [2.45, 2.75) is 24.6 Å². The van der Waals surface area contributed by atoms with Crippen molar-refractivity contribution in [1.29, 1.82) is 0 Å². The molecule has 7 heteroatoms. The highest BCUT2D eigenvalue weighted by molar-refractivity contribution is 7.58. The molecular formula is C18H20Cl2NO3P. The lowest BCUT2D eigenvalue weighted by Crippen LogP contribution is -2.15. The largest absolute Gasteiger partial charge is 0.373 e. The molecule has 0 N–H and O–H groups in total. The van der Waals surface area contributed by atoms with Gasteiger partial charge in [-0.2, -0.15) is 0 Å². The van der Waals surface area contributed by atoms with Gasteiger partial charge in [-0.1, -0.05) is 53.5 Å². The van der Waals surface area contributed by atoms with E-state index in [1.54, 1.807) is 26.0 Å². The molecule has 2 unspecified atom stereocenters. The fourth-order valence-electron chi connectivity index (χ4n) is 3.02. The molecule has 1 heterocycles. The molecule has 0 radical (unpaired) electrons. The molecule has 2 aromatic carbocycles. The van der Waals surface area contributed by atoms with Gasteiger partial charge in [0.1, 0.15) is 6.04 Å². The third kappa shape index (κ3) is 3.22. The second kappa shape index (κ2) is 7.30. The number of benzene rings is 2. The van der Waals surface area contributed by atoms with Gasteiger partial charge in [0, 0.05) is 10.7 Å². The molecule has 2 atom stereocenters. The molecule has 0 aromatic heterocycles. The summed E-state index contributed by atoms with van der Waals surface area (Å²) < 4.78 is 23.3. The van der Waals surface area contributed by atoms with Gasteiger partial charge in [0.25, 0.3) is 0 Å². The molecule has 4 nitrogen and oxygen atoms in total. The Labute approximate surface area is 158 Å². The standard InChI is InChI=1S/C18H20Cl2NO3P/c1-3-23-25(22,24-4-2)18(20)17(14-10-12-15(19)13-11-14)21(18)16-8-6-5-7-9-16/h5-13,17H,3-4H2,1-2H3. The SMILES string of the molecule is CCOP(=O)(OCC)C1(Cl)C(c2ccc(Cl)cc2)N1c1ccccc1. The van der Waals surface area contributed by atoms with Gasteiger partial charge in [-0.15, -0.1) is 0 Å². The van der Waals surface area contributed by atoms with Crippen LogP contribution in [0.3, 0.4) is 0 Å². The van der Waals surface area contributed by atoms with Gasteiger partial charge in [0.2, 0.25) is 4.74 Å². The molecule has 3 rings (SSSR count). The minimum absolute atomic E-state index is 0.252. The van der Waals surface area contributed by atoms with Crippen molar-refractivity contribution < 1.29 is 13.6 Å². The first kappa shape index (κ1) is 18.8. The number of hydrogen-bond acceptors (Lipinski definition) is 4. The predicted molar refractivity (Wildman–Crippen MR) is 103 cm³/mol. The molecule has 1 fully saturated rings. The first-order valence-electron chi connectivity index (χ1n) is 8.16. The average molecular weight is 400 g/mol. The molecule has 0 aliphatic carbocycles. The monoisotopic (exact) mass is 399 g/mol. The van der Waals surface area contributed by atoms with Crippen LogP contribution in [0.5, 0.6) is 0 Å². The van der Waals surface area contributed by atoms with Crippen LogP contribution in [0, 0.1) is 0 Å². The predicted octanol–water partition coefficient (Wildman–Crippen LogP) is 6.06. The summed E-state index contributed by atoms with van der Waals surface area (Å²) in [6.07, 6.45) is 0. The van der Waals surface area contributed by atoms with Gasteiger partial charge >= 0.3 is 7.60 Å². The lowest BCUT2D eigenvalue weighted by Gasteiger charge is -2.22. The van der Waals surface area contributed by atoms with Crippen molar-refractivity contribution >= 4 is 36.5 Å². The maximum absolute atomic E-state index is 13.5. The van der Waals surface area contributed by atoms with E-state index in [-0.39, 0.29) is 19.3 Å². The first-order valence-corrected chi connectivity index (χ1v) is 10.5. The van der Waals surface area contributed by atoms with Crippen LogP contribution in [-0.2, 0) is 13.6 Å². The van der Waals surface area contributed by atoms with Gasteiger partial charge in [-0.3, -0.25) is 4.57 Å². The zero-order valence-electron chi connectivity index (χ0n) is 14.1. The summed E-state index contributed by atoms with van der Waals surface area (Å²) in [4.78, 5) is 1.88. The van der Waals surface area contributed by atoms with Gasteiger partial charge < -0.3 is 13.9 Å². The molecule has 0 amide bonds. The summed E-state index contributed by atoms with van der Waals surface area (Å²) in [6, 6.07) is 16.6. The molecule has 134 valence electrons. The van der Waals surface area contributed by atoms with Crippen LogP contribution in [0.25, 0.3) is 0 Å². The second-order valence-corrected chi connectivity index (χ2v) is 9.10. The Kier molecular flexibility index (Phi) is 5.48. The van der Waals surface area contributed by atoms with Crippen LogP contribution in [0.2, 0.25) is 5.02 Å². The lowest BCUT2D eigenvalue weighted by atomic mass is 10.1. The van der Waals surface area contributed by atoms with Crippen LogP contribution in [0.4, 0.5) is 5.69 Å². The summed E-state index contributed by atoms with van der Waals surface area (Å²) in [5.74, 6) is 0.